The van der Waals surface area contributed by atoms with Crippen molar-refractivity contribution in [3.05, 3.63) is 82.2 Å². The average molecular weight is 592 g/mol. The van der Waals surface area contributed by atoms with Gasteiger partial charge in [0.05, 0.1) is 5.41 Å². The molecule has 0 radical (unpaired) electrons. The van der Waals surface area contributed by atoms with Crippen molar-refractivity contribution in [3.8, 4) is 0 Å². The van der Waals surface area contributed by atoms with Crippen LogP contribution in [0.1, 0.15) is 52.3 Å². The second-order valence-electron chi connectivity index (χ2n) is 10.8. The number of amides is 3. The lowest BCUT2D eigenvalue weighted by Gasteiger charge is -2.43. The van der Waals surface area contributed by atoms with Crippen molar-refractivity contribution in [2.45, 2.75) is 55.8 Å². The summed E-state index contributed by atoms with van der Waals surface area (Å²) in [6.07, 6.45) is -3.50. The van der Waals surface area contributed by atoms with Crippen LogP contribution in [0.5, 0.6) is 0 Å². The highest BCUT2D eigenvalue weighted by molar-refractivity contribution is 6.06. The number of pyridine rings is 1. The average Bonchev–Trinajstić information content (AvgIpc) is 3.57. The summed E-state index contributed by atoms with van der Waals surface area (Å²) < 4.78 is 89.3. The van der Waals surface area contributed by atoms with E-state index in [9.17, 15) is 40.7 Å². The van der Waals surface area contributed by atoms with Crippen molar-refractivity contribution < 1.29 is 45.1 Å². The van der Waals surface area contributed by atoms with Crippen LogP contribution in [-0.2, 0) is 27.8 Å². The van der Waals surface area contributed by atoms with Crippen LogP contribution in [0.25, 0.3) is 0 Å². The highest BCUT2D eigenvalue weighted by atomic mass is 19.4. The van der Waals surface area contributed by atoms with E-state index in [0.29, 0.717) is 39.7 Å². The van der Waals surface area contributed by atoms with E-state index < -0.39 is 77.4 Å². The normalized spacial score (nSPS) is 25.0. The number of rotatable bonds is 4. The third kappa shape index (κ3) is 4.40. The minimum Gasteiger partial charge on any atom is -0.456 e. The van der Waals surface area contributed by atoms with Gasteiger partial charge in [0.25, 0.3) is 5.91 Å². The van der Waals surface area contributed by atoms with E-state index in [1.54, 1.807) is 12.1 Å². The Morgan fingerprint density at radius 2 is 1.90 bits per heavy atom. The number of nitrogens with zero attached hydrogens (tertiary/aromatic N) is 2. The number of alkyl halides is 3. The maximum Gasteiger partial charge on any atom is 0.406 e. The number of furan rings is 1. The highest BCUT2D eigenvalue weighted by Crippen LogP contribution is 2.47. The van der Waals surface area contributed by atoms with Crippen LogP contribution in [0.2, 0.25) is 0 Å². The number of likely N-dealkylation sites (tertiary alicyclic amines) is 1. The van der Waals surface area contributed by atoms with E-state index in [4.69, 9.17) is 4.42 Å². The molecule has 4 atom stereocenters. The Morgan fingerprint density at radius 1 is 1.17 bits per heavy atom. The van der Waals surface area contributed by atoms with Gasteiger partial charge in [0.2, 0.25) is 11.8 Å². The highest BCUT2D eigenvalue weighted by Gasteiger charge is 2.53. The molecule has 1 fully saturated rings. The molecule has 3 amide bonds. The summed E-state index contributed by atoms with van der Waals surface area (Å²) in [5.74, 6) is -7.42. The van der Waals surface area contributed by atoms with Crippen molar-refractivity contribution in [1.29, 1.82) is 0 Å². The van der Waals surface area contributed by atoms with Gasteiger partial charge in [-0.05, 0) is 49.6 Å². The smallest absolute Gasteiger partial charge is 0.406 e. The minimum atomic E-state index is -4.86. The summed E-state index contributed by atoms with van der Waals surface area (Å²) in [4.78, 5) is 43.7. The van der Waals surface area contributed by atoms with Gasteiger partial charge in [0.15, 0.2) is 17.4 Å². The van der Waals surface area contributed by atoms with Crippen molar-refractivity contribution in [2.75, 3.05) is 11.9 Å². The molecule has 2 aromatic heterocycles. The molecule has 220 valence electrons. The van der Waals surface area contributed by atoms with Gasteiger partial charge in [-0.3, -0.25) is 14.4 Å². The van der Waals surface area contributed by atoms with Crippen molar-refractivity contribution in [2.24, 2.45) is 0 Å². The molecule has 0 saturated carbocycles. The number of aromatic nitrogens is 1. The van der Waals surface area contributed by atoms with Crippen LogP contribution in [0.15, 0.2) is 40.9 Å². The van der Waals surface area contributed by atoms with E-state index in [1.165, 1.54) is 19.2 Å². The van der Waals surface area contributed by atoms with Gasteiger partial charge in [-0.2, -0.15) is 13.2 Å². The monoisotopic (exact) mass is 592 g/mol. The van der Waals surface area contributed by atoms with Crippen molar-refractivity contribution >= 4 is 23.5 Å². The Morgan fingerprint density at radius 3 is 2.62 bits per heavy atom. The zero-order valence-corrected chi connectivity index (χ0v) is 21.8. The number of carbonyl (C=O) groups is 3. The van der Waals surface area contributed by atoms with Crippen LogP contribution in [-0.4, -0.2) is 52.4 Å². The van der Waals surface area contributed by atoms with Crippen LogP contribution < -0.4 is 10.6 Å². The number of hydrogen-bond donors (Lipinski definition) is 2. The zero-order chi connectivity index (χ0) is 30.1. The fraction of sp³-hybridized carbons (Fsp3) is 0.357. The summed E-state index contributed by atoms with van der Waals surface area (Å²) in [5, 5.41) is 5.06. The summed E-state index contributed by atoms with van der Waals surface area (Å²) >= 11 is 0. The topological polar surface area (TPSA) is 105 Å². The Balaban J connectivity index is 1.26. The van der Waals surface area contributed by atoms with Crippen molar-refractivity contribution in [1.82, 2.24) is 15.2 Å². The van der Waals surface area contributed by atoms with Crippen LogP contribution in [0, 0.1) is 17.5 Å². The first kappa shape index (κ1) is 27.8. The van der Waals surface area contributed by atoms with Gasteiger partial charge in [-0.25, -0.2) is 18.2 Å². The molecule has 2 aliphatic heterocycles. The molecule has 1 aromatic carbocycles. The fourth-order valence-electron chi connectivity index (χ4n) is 6.31. The van der Waals surface area contributed by atoms with E-state index in [1.807, 2.05) is 0 Å². The standard InChI is InChI=1S/C28H22F6N4O4/c1-12-14(21-16(29)4-5-17(30)22(21)31)8-18(25(40)38(12)11-28(32,33)34)36-24(39)19-7-13-9-27(10-20(13)42-19)15-3-2-6-35-23(15)37-26(27)41/h2-7,12,14,18H,8-11H2,1H3,(H,36,39)(H,35,37,41). The van der Waals surface area contributed by atoms with Crippen LogP contribution >= 0.6 is 0 Å². The summed E-state index contributed by atoms with van der Waals surface area (Å²) in [7, 11) is 0. The first-order chi connectivity index (χ1) is 19.8. The van der Waals surface area contributed by atoms with Gasteiger partial charge in [0, 0.05) is 35.7 Å². The lowest BCUT2D eigenvalue weighted by atomic mass is 9.80. The molecule has 1 spiro atoms. The van der Waals surface area contributed by atoms with E-state index >= 15 is 0 Å². The second kappa shape index (κ2) is 9.60. The molecule has 2 N–H and O–H groups in total. The number of fused-ring (bicyclic) bond motifs is 3. The molecule has 4 heterocycles. The largest absolute Gasteiger partial charge is 0.456 e. The van der Waals surface area contributed by atoms with Gasteiger partial charge < -0.3 is 20.0 Å². The van der Waals surface area contributed by atoms with Gasteiger partial charge in [-0.1, -0.05) is 6.07 Å². The van der Waals surface area contributed by atoms with Crippen LogP contribution in [0.3, 0.4) is 0 Å². The summed E-state index contributed by atoms with van der Waals surface area (Å²) in [5.41, 5.74) is -0.543. The van der Waals surface area contributed by atoms with Gasteiger partial charge >= 0.3 is 6.18 Å². The molecule has 1 aliphatic carbocycles. The quantitative estimate of drug-likeness (QED) is 0.350. The molecule has 42 heavy (non-hydrogen) atoms. The Labute approximate surface area is 234 Å². The third-order valence-corrected chi connectivity index (χ3v) is 8.31. The number of carbonyl (C=O) groups excluding carboxylic acids is 3. The molecule has 3 aliphatic rings. The number of benzene rings is 1. The molecule has 4 unspecified atom stereocenters. The molecule has 6 rings (SSSR count). The Bertz CT molecular complexity index is 1610. The minimum absolute atomic E-state index is 0.125. The first-order valence-corrected chi connectivity index (χ1v) is 13.0. The van der Waals surface area contributed by atoms with E-state index in [0.717, 1.165) is 0 Å². The zero-order valence-electron chi connectivity index (χ0n) is 21.8. The molecule has 3 aromatic rings. The SMILES string of the molecule is CC1C(c2c(F)ccc(F)c2F)CC(NC(=O)c2cc3c(o2)CC2(C3)C(=O)Nc3ncccc32)C(=O)N1CC(F)(F)F. The third-order valence-electron chi connectivity index (χ3n) is 8.31. The number of piperidine rings is 1. The number of anilines is 1. The summed E-state index contributed by atoms with van der Waals surface area (Å²) in [6.45, 7) is -0.570. The summed E-state index contributed by atoms with van der Waals surface area (Å²) in [6, 6.07) is 3.03. The maximum absolute atomic E-state index is 14.7. The van der Waals surface area contributed by atoms with Gasteiger partial charge in [0.1, 0.15) is 30.0 Å². The fourth-order valence-corrected chi connectivity index (χ4v) is 6.31. The molecule has 14 heteroatoms. The molecule has 0 bridgehead atoms. The Hall–Kier alpha value is -4.36. The number of nitrogens with one attached hydrogen (secondary N) is 2. The van der Waals surface area contributed by atoms with E-state index in [-0.39, 0.29) is 24.5 Å². The number of hydrogen-bond acceptors (Lipinski definition) is 5. The second-order valence-corrected chi connectivity index (χ2v) is 10.8. The number of halogens is 6. The lowest BCUT2D eigenvalue weighted by molar-refractivity contribution is -0.170. The predicted octanol–water partition coefficient (Wildman–Crippen LogP) is 4.15. The maximum atomic E-state index is 14.7. The molecular formula is C28H22F6N4O4. The van der Waals surface area contributed by atoms with Crippen LogP contribution in [0.4, 0.5) is 32.2 Å². The predicted molar refractivity (Wildman–Crippen MR) is 133 cm³/mol. The van der Waals surface area contributed by atoms with Crippen molar-refractivity contribution in [3.63, 3.8) is 0 Å². The lowest BCUT2D eigenvalue weighted by Crippen LogP contribution is -2.59. The van der Waals surface area contributed by atoms with Gasteiger partial charge in [-0.15, -0.1) is 0 Å². The Kier molecular flexibility index (Phi) is 6.35. The first-order valence-electron chi connectivity index (χ1n) is 13.0. The molecule has 8 nitrogen and oxygen atoms in total. The molecular weight excluding hydrogens is 570 g/mol. The van der Waals surface area contributed by atoms with E-state index in [2.05, 4.69) is 15.6 Å². The molecule has 1 saturated heterocycles.